The molecular weight excluding hydrogens is 266 g/mol. The molecule has 5 nitrogen and oxygen atoms in total. The fourth-order valence-electron chi connectivity index (χ4n) is 1.72. The quantitative estimate of drug-likeness (QED) is 0.885. The Hall–Kier alpha value is -2.40. The largest absolute Gasteiger partial charge is 0.439 e. The predicted molar refractivity (Wildman–Crippen MR) is 82.4 cm³/mol. The van der Waals surface area contributed by atoms with E-state index in [-0.39, 0.29) is 5.91 Å². The van der Waals surface area contributed by atoms with Crippen LogP contribution in [0.1, 0.15) is 19.4 Å². The van der Waals surface area contributed by atoms with Crippen LogP contribution in [0, 0.1) is 0 Å². The summed E-state index contributed by atoms with van der Waals surface area (Å²) in [6, 6.07) is 10.7. The second kappa shape index (κ2) is 6.85. The summed E-state index contributed by atoms with van der Waals surface area (Å²) < 4.78 is 5.68. The maximum Gasteiger partial charge on any atom is 0.241 e. The number of aromatic nitrogens is 1. The molecule has 0 radical (unpaired) electrons. The summed E-state index contributed by atoms with van der Waals surface area (Å²) in [6.07, 6.45) is 2.49. The summed E-state index contributed by atoms with van der Waals surface area (Å²) in [6.45, 7) is 3.72. The van der Waals surface area contributed by atoms with Gasteiger partial charge in [-0.15, -0.1) is 0 Å². The Kier molecular flexibility index (Phi) is 4.90. The van der Waals surface area contributed by atoms with E-state index in [4.69, 9.17) is 10.5 Å². The van der Waals surface area contributed by atoms with E-state index in [0.717, 1.165) is 12.2 Å². The smallest absolute Gasteiger partial charge is 0.241 e. The number of aryl methyl sites for hydroxylation is 1. The molecule has 21 heavy (non-hydrogen) atoms. The molecule has 5 heteroatoms. The lowest BCUT2D eigenvalue weighted by molar-refractivity contribution is -0.117. The van der Waals surface area contributed by atoms with Crippen molar-refractivity contribution in [1.29, 1.82) is 0 Å². The molecule has 1 unspecified atom stereocenters. The third-order valence-corrected chi connectivity index (χ3v) is 2.95. The Balaban J connectivity index is 2.03. The molecular formula is C16H19N3O2. The Morgan fingerprint density at radius 3 is 2.81 bits per heavy atom. The van der Waals surface area contributed by atoms with Crippen LogP contribution in [0.2, 0.25) is 0 Å². The summed E-state index contributed by atoms with van der Waals surface area (Å²) in [5.74, 6) is 0.970. The first kappa shape index (κ1) is 15.0. The number of nitrogens with zero attached hydrogens (tertiary/aromatic N) is 1. The van der Waals surface area contributed by atoms with Crippen LogP contribution in [0.15, 0.2) is 42.6 Å². The summed E-state index contributed by atoms with van der Waals surface area (Å²) in [4.78, 5) is 15.6. The van der Waals surface area contributed by atoms with Crippen LogP contribution >= 0.6 is 0 Å². The first-order valence-corrected chi connectivity index (χ1v) is 6.87. The number of anilines is 1. The van der Waals surface area contributed by atoms with Crippen LogP contribution in [0.3, 0.4) is 0 Å². The summed E-state index contributed by atoms with van der Waals surface area (Å²) in [7, 11) is 0. The number of carbonyl (C=O) groups is 1. The summed E-state index contributed by atoms with van der Waals surface area (Å²) >= 11 is 0. The number of amides is 1. The lowest BCUT2D eigenvalue weighted by atomic mass is 10.2. The van der Waals surface area contributed by atoms with Crippen LogP contribution < -0.4 is 15.8 Å². The second-order valence-corrected chi connectivity index (χ2v) is 4.77. The van der Waals surface area contributed by atoms with Gasteiger partial charge in [-0.1, -0.05) is 19.1 Å². The number of nitrogens with two attached hydrogens (primary N) is 1. The molecule has 1 aromatic heterocycles. The molecule has 0 aliphatic heterocycles. The van der Waals surface area contributed by atoms with Crippen molar-refractivity contribution in [1.82, 2.24) is 4.98 Å². The van der Waals surface area contributed by atoms with E-state index in [1.165, 1.54) is 5.56 Å². The fourth-order valence-corrected chi connectivity index (χ4v) is 1.72. The van der Waals surface area contributed by atoms with Crippen molar-refractivity contribution >= 4 is 11.6 Å². The van der Waals surface area contributed by atoms with Gasteiger partial charge in [0.05, 0.1) is 17.9 Å². The van der Waals surface area contributed by atoms with E-state index in [2.05, 4.69) is 17.2 Å². The number of ether oxygens (including phenoxy) is 1. The highest BCUT2D eigenvalue weighted by Gasteiger charge is 2.07. The van der Waals surface area contributed by atoms with Gasteiger partial charge in [0.15, 0.2) is 0 Å². The minimum atomic E-state index is -0.558. The number of hydrogen-bond donors (Lipinski definition) is 2. The van der Waals surface area contributed by atoms with Crippen LogP contribution in [-0.4, -0.2) is 16.9 Å². The molecule has 0 bridgehead atoms. The fraction of sp³-hybridized carbons (Fsp3) is 0.250. The maximum atomic E-state index is 11.5. The average molecular weight is 285 g/mol. The second-order valence-electron chi connectivity index (χ2n) is 4.77. The Labute approximate surface area is 124 Å². The van der Waals surface area contributed by atoms with E-state index >= 15 is 0 Å². The molecule has 0 aliphatic rings. The highest BCUT2D eigenvalue weighted by molar-refractivity contribution is 5.94. The van der Waals surface area contributed by atoms with Gasteiger partial charge in [-0.3, -0.25) is 4.79 Å². The Morgan fingerprint density at radius 2 is 2.19 bits per heavy atom. The first-order valence-electron chi connectivity index (χ1n) is 6.87. The standard InChI is InChI=1S/C16H19N3O2/c1-3-12-5-4-6-14(9-12)21-15-8-7-13(10-18-15)19-16(20)11(2)17/h4-11H,3,17H2,1-2H3,(H,19,20). The zero-order chi connectivity index (χ0) is 15.2. The molecule has 0 saturated carbocycles. The zero-order valence-electron chi connectivity index (χ0n) is 12.2. The van der Waals surface area contributed by atoms with Crippen molar-refractivity contribution in [2.75, 3.05) is 5.32 Å². The lowest BCUT2D eigenvalue weighted by Gasteiger charge is -2.09. The van der Waals surface area contributed by atoms with E-state index in [1.807, 2.05) is 24.3 Å². The third-order valence-electron chi connectivity index (χ3n) is 2.95. The number of hydrogen-bond acceptors (Lipinski definition) is 4. The monoisotopic (exact) mass is 285 g/mol. The minimum absolute atomic E-state index is 0.249. The topological polar surface area (TPSA) is 77.2 Å². The molecule has 0 saturated heterocycles. The number of benzene rings is 1. The number of rotatable bonds is 5. The third kappa shape index (κ3) is 4.29. The van der Waals surface area contributed by atoms with Gasteiger partial charge in [0.2, 0.25) is 11.8 Å². The number of nitrogens with one attached hydrogen (secondary N) is 1. The van der Waals surface area contributed by atoms with Gasteiger partial charge in [0.25, 0.3) is 0 Å². The SMILES string of the molecule is CCc1cccc(Oc2ccc(NC(=O)C(C)N)cn2)c1. The minimum Gasteiger partial charge on any atom is -0.439 e. The van der Waals surface area contributed by atoms with Crippen LogP contribution in [0.25, 0.3) is 0 Å². The van der Waals surface area contributed by atoms with Gasteiger partial charge in [-0.2, -0.15) is 0 Å². The molecule has 0 spiro atoms. The van der Waals surface area contributed by atoms with E-state index < -0.39 is 6.04 Å². The molecule has 1 amide bonds. The van der Waals surface area contributed by atoms with E-state index in [1.54, 1.807) is 25.3 Å². The Bertz CT molecular complexity index is 609. The number of carbonyl (C=O) groups excluding carboxylic acids is 1. The van der Waals surface area contributed by atoms with Gasteiger partial charge < -0.3 is 15.8 Å². The highest BCUT2D eigenvalue weighted by atomic mass is 16.5. The van der Waals surface area contributed by atoms with Crippen molar-refractivity contribution < 1.29 is 9.53 Å². The van der Waals surface area contributed by atoms with Crippen molar-refractivity contribution in [3.63, 3.8) is 0 Å². The van der Waals surface area contributed by atoms with Crippen molar-refractivity contribution in [3.05, 3.63) is 48.2 Å². The normalized spacial score (nSPS) is 11.8. The number of pyridine rings is 1. The summed E-state index contributed by atoms with van der Waals surface area (Å²) in [5, 5.41) is 2.67. The van der Waals surface area contributed by atoms with Crippen molar-refractivity contribution in [2.24, 2.45) is 5.73 Å². The first-order chi connectivity index (χ1) is 10.1. The Morgan fingerprint density at radius 1 is 1.38 bits per heavy atom. The van der Waals surface area contributed by atoms with Gasteiger partial charge >= 0.3 is 0 Å². The molecule has 110 valence electrons. The molecule has 1 heterocycles. The van der Waals surface area contributed by atoms with Gasteiger partial charge in [-0.05, 0) is 37.1 Å². The molecule has 3 N–H and O–H groups in total. The zero-order valence-corrected chi connectivity index (χ0v) is 12.2. The van der Waals surface area contributed by atoms with Gasteiger partial charge in [0.1, 0.15) is 5.75 Å². The van der Waals surface area contributed by atoms with E-state index in [9.17, 15) is 4.79 Å². The molecule has 1 atom stereocenters. The molecule has 0 aliphatic carbocycles. The van der Waals surface area contributed by atoms with Crippen LogP contribution in [-0.2, 0) is 11.2 Å². The van der Waals surface area contributed by atoms with Crippen LogP contribution in [0.5, 0.6) is 11.6 Å². The predicted octanol–water partition coefficient (Wildman–Crippen LogP) is 2.72. The molecule has 2 rings (SSSR count). The van der Waals surface area contributed by atoms with Crippen molar-refractivity contribution in [3.8, 4) is 11.6 Å². The average Bonchev–Trinajstić information content (AvgIpc) is 2.49. The summed E-state index contributed by atoms with van der Waals surface area (Å²) in [5.41, 5.74) is 7.28. The van der Waals surface area contributed by atoms with Crippen LogP contribution in [0.4, 0.5) is 5.69 Å². The molecule has 0 fully saturated rings. The van der Waals surface area contributed by atoms with Gasteiger partial charge in [-0.25, -0.2) is 4.98 Å². The molecule has 2 aromatic rings. The maximum absolute atomic E-state index is 11.5. The van der Waals surface area contributed by atoms with Gasteiger partial charge in [0, 0.05) is 6.07 Å². The lowest BCUT2D eigenvalue weighted by Crippen LogP contribution is -2.32. The highest BCUT2D eigenvalue weighted by Crippen LogP contribution is 2.21. The van der Waals surface area contributed by atoms with E-state index in [0.29, 0.717) is 11.6 Å². The van der Waals surface area contributed by atoms with Crippen molar-refractivity contribution in [2.45, 2.75) is 26.3 Å². The molecule has 1 aromatic carbocycles.